The summed E-state index contributed by atoms with van der Waals surface area (Å²) in [4.78, 5) is 13.5. The predicted octanol–water partition coefficient (Wildman–Crippen LogP) is 4.42. The number of benzene rings is 2. The molecule has 0 spiro atoms. The number of carbonyl (C=O) groups is 1. The molecule has 3 aromatic rings. The first-order valence-corrected chi connectivity index (χ1v) is 8.72. The van der Waals surface area contributed by atoms with Gasteiger partial charge >= 0.3 is 12.1 Å². The van der Waals surface area contributed by atoms with Crippen LogP contribution in [0.15, 0.2) is 46.9 Å². The van der Waals surface area contributed by atoms with E-state index in [1.165, 1.54) is 0 Å². The normalized spacial score (nSPS) is 16.1. The number of oxazole rings is 1. The number of fused-ring (bicyclic) bond motifs is 1. The summed E-state index contributed by atoms with van der Waals surface area (Å²) in [5.41, 5.74) is 4.40. The van der Waals surface area contributed by atoms with Crippen LogP contribution < -0.4 is 5.32 Å². The molecule has 1 fully saturated rings. The molecular formula is C20H16F3N3O3. The van der Waals surface area contributed by atoms with Gasteiger partial charge in [0.25, 0.3) is 0 Å². The van der Waals surface area contributed by atoms with Gasteiger partial charge in [0, 0.05) is 0 Å². The Balaban J connectivity index is 0.000000298. The van der Waals surface area contributed by atoms with Crippen LogP contribution in [0.4, 0.5) is 13.2 Å². The first-order valence-electron chi connectivity index (χ1n) is 8.72. The Morgan fingerprint density at radius 2 is 1.97 bits per heavy atom. The molecule has 2 N–H and O–H groups in total. The quantitative estimate of drug-likeness (QED) is 0.657. The second-order valence-electron chi connectivity index (χ2n) is 6.38. The van der Waals surface area contributed by atoms with Crippen LogP contribution in [-0.4, -0.2) is 28.8 Å². The van der Waals surface area contributed by atoms with Crippen molar-refractivity contribution in [1.82, 2.24) is 10.3 Å². The summed E-state index contributed by atoms with van der Waals surface area (Å²) in [6.07, 6.45) is -2.85. The molecule has 1 atom stereocenters. The molecule has 9 heteroatoms. The third-order valence-corrected chi connectivity index (χ3v) is 4.33. The summed E-state index contributed by atoms with van der Waals surface area (Å²) in [6, 6.07) is 16.0. The largest absolute Gasteiger partial charge is 0.490 e. The Bertz CT molecular complexity index is 1060. The molecule has 6 nitrogen and oxygen atoms in total. The molecule has 1 saturated heterocycles. The first kappa shape index (κ1) is 20.4. The molecule has 0 unspecified atom stereocenters. The van der Waals surface area contributed by atoms with Crippen LogP contribution in [0.2, 0.25) is 0 Å². The molecule has 0 amide bonds. The lowest BCUT2D eigenvalue weighted by atomic mass is 10.0. The average Bonchev–Trinajstić information content (AvgIpc) is 3.36. The fourth-order valence-corrected chi connectivity index (χ4v) is 2.94. The van der Waals surface area contributed by atoms with Crippen LogP contribution in [0.1, 0.15) is 30.3 Å². The van der Waals surface area contributed by atoms with Gasteiger partial charge in [0.15, 0.2) is 5.58 Å². The van der Waals surface area contributed by atoms with Crippen molar-refractivity contribution in [3.63, 3.8) is 0 Å². The molecule has 0 bridgehead atoms. The van der Waals surface area contributed by atoms with Crippen LogP contribution >= 0.6 is 0 Å². The monoisotopic (exact) mass is 403 g/mol. The number of hydrogen-bond donors (Lipinski definition) is 2. The van der Waals surface area contributed by atoms with Gasteiger partial charge in [-0.05, 0) is 54.8 Å². The van der Waals surface area contributed by atoms with Gasteiger partial charge in [0.05, 0.1) is 17.7 Å². The van der Waals surface area contributed by atoms with E-state index in [1.54, 1.807) is 0 Å². The number of nitrogens with one attached hydrogen (secondary N) is 1. The Labute approximate surface area is 163 Å². The fourth-order valence-electron chi connectivity index (χ4n) is 2.94. The first-order chi connectivity index (χ1) is 13.8. The van der Waals surface area contributed by atoms with Crippen LogP contribution in [-0.2, 0) is 4.79 Å². The Morgan fingerprint density at radius 3 is 2.59 bits per heavy atom. The van der Waals surface area contributed by atoms with E-state index in [-0.39, 0.29) is 6.04 Å². The van der Waals surface area contributed by atoms with E-state index < -0.39 is 12.1 Å². The summed E-state index contributed by atoms with van der Waals surface area (Å²) in [5.74, 6) is -1.98. The maximum atomic E-state index is 10.6. The van der Waals surface area contributed by atoms with Crippen molar-refractivity contribution in [2.75, 3.05) is 6.54 Å². The number of aromatic nitrogens is 1. The van der Waals surface area contributed by atoms with Crippen LogP contribution in [0, 0.1) is 11.3 Å². The Kier molecular flexibility index (Phi) is 5.84. The van der Waals surface area contributed by atoms with E-state index >= 15 is 0 Å². The molecule has 1 aliphatic rings. The Morgan fingerprint density at radius 1 is 1.24 bits per heavy atom. The van der Waals surface area contributed by atoms with Crippen molar-refractivity contribution in [2.24, 2.45) is 0 Å². The molecule has 1 aliphatic heterocycles. The number of carboxylic acid groups (broad SMARTS) is 1. The van der Waals surface area contributed by atoms with Crippen LogP contribution in [0.5, 0.6) is 0 Å². The second kappa shape index (κ2) is 8.32. The van der Waals surface area contributed by atoms with Crippen molar-refractivity contribution in [3.8, 4) is 17.2 Å². The average molecular weight is 403 g/mol. The molecule has 2 aromatic carbocycles. The number of carboxylic acids is 1. The van der Waals surface area contributed by atoms with E-state index in [0.717, 1.165) is 47.5 Å². The van der Waals surface area contributed by atoms with Crippen molar-refractivity contribution in [1.29, 1.82) is 5.26 Å². The SMILES string of the molecule is N#Cc1cccc(-c2ccc3oc([C@@H]4CCCN4)nc3c2)c1.O=C(O)C(F)(F)F. The van der Waals surface area contributed by atoms with Gasteiger partial charge in [-0.1, -0.05) is 18.2 Å². The predicted molar refractivity (Wildman–Crippen MR) is 97.8 cm³/mol. The molecule has 0 aliphatic carbocycles. The fraction of sp³-hybridized carbons (Fsp3) is 0.250. The second-order valence-corrected chi connectivity index (χ2v) is 6.38. The minimum atomic E-state index is -5.08. The molecule has 0 radical (unpaired) electrons. The summed E-state index contributed by atoms with van der Waals surface area (Å²) < 4.78 is 37.6. The number of hydrogen-bond acceptors (Lipinski definition) is 5. The zero-order chi connectivity index (χ0) is 21.0. The molecular weight excluding hydrogens is 387 g/mol. The zero-order valence-electron chi connectivity index (χ0n) is 15.0. The summed E-state index contributed by atoms with van der Waals surface area (Å²) in [7, 11) is 0. The third kappa shape index (κ3) is 4.92. The lowest BCUT2D eigenvalue weighted by Crippen LogP contribution is -2.21. The topological polar surface area (TPSA) is 99.2 Å². The maximum Gasteiger partial charge on any atom is 0.490 e. The Hall–Kier alpha value is -3.38. The molecule has 1 aromatic heterocycles. The van der Waals surface area contributed by atoms with Gasteiger partial charge < -0.3 is 14.8 Å². The van der Waals surface area contributed by atoms with Crippen molar-refractivity contribution in [2.45, 2.75) is 25.1 Å². The van der Waals surface area contributed by atoms with E-state index in [2.05, 4.69) is 16.4 Å². The van der Waals surface area contributed by atoms with Gasteiger partial charge in [0.2, 0.25) is 5.89 Å². The molecule has 0 saturated carbocycles. The van der Waals surface area contributed by atoms with Crippen molar-refractivity contribution in [3.05, 3.63) is 53.9 Å². The van der Waals surface area contributed by atoms with E-state index in [9.17, 15) is 13.2 Å². The van der Waals surface area contributed by atoms with Crippen LogP contribution in [0.3, 0.4) is 0 Å². The minimum absolute atomic E-state index is 0.234. The molecule has 150 valence electrons. The van der Waals surface area contributed by atoms with E-state index in [0.29, 0.717) is 5.56 Å². The maximum absolute atomic E-state index is 10.6. The third-order valence-electron chi connectivity index (χ3n) is 4.33. The van der Waals surface area contributed by atoms with E-state index in [4.69, 9.17) is 19.6 Å². The van der Waals surface area contributed by atoms with Gasteiger partial charge in [0.1, 0.15) is 5.52 Å². The highest BCUT2D eigenvalue weighted by molar-refractivity contribution is 5.80. The smallest absolute Gasteiger partial charge is 0.475 e. The van der Waals surface area contributed by atoms with Gasteiger partial charge in [-0.3, -0.25) is 0 Å². The van der Waals surface area contributed by atoms with Gasteiger partial charge in [-0.25, -0.2) is 9.78 Å². The number of aliphatic carboxylic acids is 1. The van der Waals surface area contributed by atoms with E-state index in [1.807, 2.05) is 42.5 Å². The lowest BCUT2D eigenvalue weighted by molar-refractivity contribution is -0.192. The van der Waals surface area contributed by atoms with Gasteiger partial charge in [-0.2, -0.15) is 18.4 Å². The highest BCUT2D eigenvalue weighted by Gasteiger charge is 2.38. The summed E-state index contributed by atoms with van der Waals surface area (Å²) in [6.45, 7) is 1.02. The van der Waals surface area contributed by atoms with Gasteiger partial charge in [-0.15, -0.1) is 0 Å². The highest BCUT2D eigenvalue weighted by Crippen LogP contribution is 2.29. The van der Waals surface area contributed by atoms with Crippen molar-refractivity contribution < 1.29 is 27.5 Å². The molecule has 29 heavy (non-hydrogen) atoms. The standard InChI is InChI=1S/C18H15N3O.C2HF3O2/c19-11-12-3-1-4-13(9-12)14-6-7-17-16(10-14)21-18(22-17)15-5-2-8-20-15;3-2(4,5)1(6)7/h1,3-4,6-7,9-10,15,20H,2,5,8H2;(H,6,7)/t15-;/m0./s1. The number of nitriles is 1. The minimum Gasteiger partial charge on any atom is -0.475 e. The molecule has 2 heterocycles. The highest BCUT2D eigenvalue weighted by atomic mass is 19.4. The number of nitrogens with zero attached hydrogens (tertiary/aromatic N) is 2. The van der Waals surface area contributed by atoms with Crippen LogP contribution in [0.25, 0.3) is 22.2 Å². The summed E-state index contributed by atoms with van der Waals surface area (Å²) >= 11 is 0. The number of rotatable bonds is 2. The number of alkyl halides is 3. The zero-order valence-corrected chi connectivity index (χ0v) is 15.0. The number of halogens is 3. The lowest BCUT2D eigenvalue weighted by Gasteiger charge is -2.02. The summed E-state index contributed by atoms with van der Waals surface area (Å²) in [5, 5.41) is 19.5. The molecule has 4 rings (SSSR count). The van der Waals surface area contributed by atoms with Crippen molar-refractivity contribution >= 4 is 17.1 Å².